The third kappa shape index (κ3) is 3.06. The number of hydrogen-bond donors (Lipinski definition) is 0. The van der Waals surface area contributed by atoms with Crippen LogP contribution in [-0.2, 0) is 6.54 Å². The van der Waals surface area contributed by atoms with Crippen molar-refractivity contribution < 1.29 is 4.74 Å². The molecule has 0 atom stereocenters. The van der Waals surface area contributed by atoms with Gasteiger partial charge in [-0.15, -0.1) is 0 Å². The Bertz CT molecular complexity index is 602. The SMILES string of the molecule is COc1ccc2ccccc2c1CN(C)C1CCCCC1. The van der Waals surface area contributed by atoms with Gasteiger partial charge in [0.25, 0.3) is 0 Å². The average molecular weight is 283 g/mol. The summed E-state index contributed by atoms with van der Waals surface area (Å²) in [6.07, 6.45) is 6.83. The lowest BCUT2D eigenvalue weighted by Crippen LogP contribution is -2.33. The van der Waals surface area contributed by atoms with Gasteiger partial charge in [-0.2, -0.15) is 0 Å². The van der Waals surface area contributed by atoms with Crippen molar-refractivity contribution in [2.75, 3.05) is 14.2 Å². The zero-order valence-corrected chi connectivity index (χ0v) is 13.1. The van der Waals surface area contributed by atoms with E-state index in [2.05, 4.69) is 48.3 Å². The zero-order chi connectivity index (χ0) is 14.7. The quantitative estimate of drug-likeness (QED) is 0.812. The van der Waals surface area contributed by atoms with Gasteiger partial charge in [-0.1, -0.05) is 49.6 Å². The Morgan fingerprint density at radius 1 is 1.05 bits per heavy atom. The number of nitrogens with zero attached hydrogens (tertiary/aromatic N) is 1. The molecule has 2 heteroatoms. The van der Waals surface area contributed by atoms with Crippen molar-refractivity contribution in [3.8, 4) is 5.75 Å². The fraction of sp³-hybridized carbons (Fsp3) is 0.474. The second-order valence-electron chi connectivity index (χ2n) is 6.17. The highest BCUT2D eigenvalue weighted by Crippen LogP contribution is 2.31. The van der Waals surface area contributed by atoms with Crippen molar-refractivity contribution in [2.45, 2.75) is 44.7 Å². The molecule has 0 radical (unpaired) electrons. The summed E-state index contributed by atoms with van der Waals surface area (Å²) in [6, 6.07) is 13.6. The molecule has 0 heterocycles. The molecule has 1 saturated carbocycles. The second-order valence-corrected chi connectivity index (χ2v) is 6.17. The molecule has 1 fully saturated rings. The Morgan fingerprint density at radius 3 is 2.57 bits per heavy atom. The molecule has 21 heavy (non-hydrogen) atoms. The highest BCUT2D eigenvalue weighted by atomic mass is 16.5. The second kappa shape index (κ2) is 6.48. The summed E-state index contributed by atoms with van der Waals surface area (Å²) in [6.45, 7) is 0.967. The number of benzene rings is 2. The summed E-state index contributed by atoms with van der Waals surface area (Å²) >= 11 is 0. The molecule has 2 aromatic rings. The highest BCUT2D eigenvalue weighted by Gasteiger charge is 2.20. The summed E-state index contributed by atoms with van der Waals surface area (Å²) in [7, 11) is 4.03. The van der Waals surface area contributed by atoms with Crippen LogP contribution in [0, 0.1) is 0 Å². The summed E-state index contributed by atoms with van der Waals surface area (Å²) in [4.78, 5) is 2.52. The van der Waals surface area contributed by atoms with E-state index in [0.29, 0.717) is 0 Å². The van der Waals surface area contributed by atoms with E-state index in [1.807, 2.05) is 0 Å². The topological polar surface area (TPSA) is 12.5 Å². The van der Waals surface area contributed by atoms with E-state index in [4.69, 9.17) is 4.74 Å². The molecule has 0 saturated heterocycles. The lowest BCUT2D eigenvalue weighted by molar-refractivity contribution is 0.183. The van der Waals surface area contributed by atoms with E-state index in [0.717, 1.165) is 18.3 Å². The van der Waals surface area contributed by atoms with E-state index in [1.165, 1.54) is 48.4 Å². The lowest BCUT2D eigenvalue weighted by Gasteiger charge is -2.31. The first-order chi connectivity index (χ1) is 10.3. The maximum atomic E-state index is 5.61. The fourth-order valence-electron chi connectivity index (χ4n) is 3.57. The molecule has 0 N–H and O–H groups in total. The van der Waals surface area contributed by atoms with Gasteiger partial charge < -0.3 is 4.74 Å². The van der Waals surface area contributed by atoms with E-state index < -0.39 is 0 Å². The van der Waals surface area contributed by atoms with Gasteiger partial charge in [-0.25, -0.2) is 0 Å². The first kappa shape index (κ1) is 14.4. The molecule has 0 bridgehead atoms. The monoisotopic (exact) mass is 283 g/mol. The minimum Gasteiger partial charge on any atom is -0.496 e. The van der Waals surface area contributed by atoms with Crippen LogP contribution in [0.3, 0.4) is 0 Å². The smallest absolute Gasteiger partial charge is 0.123 e. The van der Waals surface area contributed by atoms with Crippen molar-refractivity contribution in [2.24, 2.45) is 0 Å². The van der Waals surface area contributed by atoms with Crippen LogP contribution >= 0.6 is 0 Å². The molecule has 0 aliphatic heterocycles. The van der Waals surface area contributed by atoms with Gasteiger partial charge in [0, 0.05) is 18.2 Å². The number of fused-ring (bicyclic) bond motifs is 1. The molecule has 0 spiro atoms. The Kier molecular flexibility index (Phi) is 4.45. The van der Waals surface area contributed by atoms with E-state index in [9.17, 15) is 0 Å². The zero-order valence-electron chi connectivity index (χ0n) is 13.1. The van der Waals surface area contributed by atoms with Gasteiger partial charge in [0.2, 0.25) is 0 Å². The Labute approximate surface area is 127 Å². The molecular formula is C19H25NO. The summed E-state index contributed by atoms with van der Waals surface area (Å²) in [5.74, 6) is 1.01. The van der Waals surface area contributed by atoms with Crippen molar-refractivity contribution in [1.82, 2.24) is 4.90 Å². The summed E-state index contributed by atoms with van der Waals surface area (Å²) < 4.78 is 5.61. The molecule has 2 nitrogen and oxygen atoms in total. The molecule has 0 unspecified atom stereocenters. The molecular weight excluding hydrogens is 258 g/mol. The van der Waals surface area contributed by atoms with E-state index >= 15 is 0 Å². The Hall–Kier alpha value is -1.54. The van der Waals surface area contributed by atoms with Crippen molar-refractivity contribution in [3.05, 3.63) is 42.0 Å². The van der Waals surface area contributed by atoms with Gasteiger partial charge >= 0.3 is 0 Å². The molecule has 0 amide bonds. The molecule has 1 aliphatic carbocycles. The third-order valence-corrected chi connectivity index (χ3v) is 4.82. The van der Waals surface area contributed by atoms with Crippen molar-refractivity contribution in [3.63, 3.8) is 0 Å². The summed E-state index contributed by atoms with van der Waals surface area (Å²) in [5.41, 5.74) is 1.32. The van der Waals surface area contributed by atoms with Gasteiger partial charge in [-0.3, -0.25) is 4.90 Å². The van der Waals surface area contributed by atoms with Crippen LogP contribution < -0.4 is 4.74 Å². The normalized spacial score (nSPS) is 16.5. The van der Waals surface area contributed by atoms with Crippen molar-refractivity contribution in [1.29, 1.82) is 0 Å². The minimum atomic E-state index is 0.724. The fourth-order valence-corrected chi connectivity index (χ4v) is 3.57. The van der Waals surface area contributed by atoms with Gasteiger partial charge in [-0.05, 0) is 36.7 Å². The van der Waals surface area contributed by atoms with Crippen molar-refractivity contribution >= 4 is 10.8 Å². The van der Waals surface area contributed by atoms with Crippen LogP contribution in [0.1, 0.15) is 37.7 Å². The lowest BCUT2D eigenvalue weighted by atomic mass is 9.94. The average Bonchev–Trinajstić information content (AvgIpc) is 2.56. The standard InChI is InChI=1S/C19H25NO/c1-20(16-9-4-3-5-10-16)14-18-17-11-7-6-8-15(17)12-13-19(18)21-2/h6-8,11-13,16H,3-5,9-10,14H2,1-2H3. The number of ether oxygens (including phenoxy) is 1. The first-order valence-electron chi connectivity index (χ1n) is 8.04. The van der Waals surface area contributed by atoms with E-state index in [-0.39, 0.29) is 0 Å². The van der Waals surface area contributed by atoms with Crippen LogP contribution in [0.25, 0.3) is 10.8 Å². The van der Waals surface area contributed by atoms with Gasteiger partial charge in [0.1, 0.15) is 5.75 Å². The number of methoxy groups -OCH3 is 1. The number of rotatable bonds is 4. The molecule has 0 aromatic heterocycles. The Balaban J connectivity index is 1.90. The van der Waals surface area contributed by atoms with Crippen LogP contribution in [-0.4, -0.2) is 25.1 Å². The van der Waals surface area contributed by atoms with E-state index in [1.54, 1.807) is 7.11 Å². The maximum absolute atomic E-state index is 5.61. The maximum Gasteiger partial charge on any atom is 0.123 e. The Morgan fingerprint density at radius 2 is 1.81 bits per heavy atom. The van der Waals surface area contributed by atoms with Crippen LogP contribution in [0.5, 0.6) is 5.75 Å². The van der Waals surface area contributed by atoms with Gasteiger partial charge in [0.15, 0.2) is 0 Å². The van der Waals surface area contributed by atoms with Gasteiger partial charge in [0.05, 0.1) is 7.11 Å². The highest BCUT2D eigenvalue weighted by molar-refractivity contribution is 5.87. The largest absolute Gasteiger partial charge is 0.496 e. The molecule has 3 rings (SSSR count). The molecule has 1 aliphatic rings. The predicted molar refractivity (Wildman–Crippen MR) is 88.8 cm³/mol. The van der Waals surface area contributed by atoms with Crippen LogP contribution in [0.15, 0.2) is 36.4 Å². The van der Waals surface area contributed by atoms with Crippen LogP contribution in [0.2, 0.25) is 0 Å². The van der Waals surface area contributed by atoms with Crippen LogP contribution in [0.4, 0.5) is 0 Å². The molecule has 2 aromatic carbocycles. The predicted octanol–water partition coefficient (Wildman–Crippen LogP) is 4.61. The number of hydrogen-bond acceptors (Lipinski definition) is 2. The molecule has 112 valence electrons. The first-order valence-corrected chi connectivity index (χ1v) is 8.04. The minimum absolute atomic E-state index is 0.724. The third-order valence-electron chi connectivity index (χ3n) is 4.82. The summed E-state index contributed by atoms with van der Waals surface area (Å²) in [5, 5.41) is 2.62.